The fraction of sp³-hybridized carbons (Fsp3) is 0.304. The summed E-state index contributed by atoms with van der Waals surface area (Å²) in [6, 6.07) is 9.14. The standard InChI is InChI=1S/C23H24N4O3S/c1-11(2)16-9-14-17(6-7-20(30-3)21(14)24-16)27-22(25-26-23(27)31)15-8-13(12-4-5-12)18(28)10-19(15)29/h6-12,24,28-29H,4-5H2,1-3H3,(H,26,31). The molecule has 1 aliphatic carbocycles. The van der Waals surface area contributed by atoms with Crippen LogP contribution in [0, 0.1) is 4.77 Å². The van der Waals surface area contributed by atoms with Gasteiger partial charge in [0.2, 0.25) is 0 Å². The second-order valence-corrected chi connectivity index (χ2v) is 8.73. The second-order valence-electron chi connectivity index (χ2n) is 8.35. The summed E-state index contributed by atoms with van der Waals surface area (Å²) in [4.78, 5) is 3.46. The fourth-order valence-electron chi connectivity index (χ4n) is 4.07. The van der Waals surface area contributed by atoms with Crippen molar-refractivity contribution >= 4 is 23.1 Å². The highest BCUT2D eigenvalue weighted by Crippen LogP contribution is 2.47. The molecule has 0 spiro atoms. The Labute approximate surface area is 184 Å². The maximum atomic E-state index is 10.6. The average Bonchev–Trinajstić information content (AvgIpc) is 3.35. The first-order valence-corrected chi connectivity index (χ1v) is 10.7. The Kier molecular flexibility index (Phi) is 4.55. The van der Waals surface area contributed by atoms with Gasteiger partial charge in [0.25, 0.3) is 0 Å². The minimum Gasteiger partial charge on any atom is -0.508 e. The Morgan fingerprint density at radius 2 is 1.94 bits per heavy atom. The lowest BCUT2D eigenvalue weighted by molar-refractivity contribution is 0.419. The Balaban J connectivity index is 1.76. The maximum absolute atomic E-state index is 10.6. The zero-order chi connectivity index (χ0) is 21.9. The summed E-state index contributed by atoms with van der Waals surface area (Å²) in [7, 11) is 1.65. The highest BCUT2D eigenvalue weighted by Gasteiger charge is 2.29. The summed E-state index contributed by atoms with van der Waals surface area (Å²) < 4.78 is 7.79. The van der Waals surface area contributed by atoms with E-state index in [1.54, 1.807) is 7.11 Å². The third-order valence-electron chi connectivity index (χ3n) is 5.91. The molecule has 4 N–H and O–H groups in total. The molecule has 160 valence electrons. The number of aromatic nitrogens is 4. The van der Waals surface area contributed by atoms with E-state index in [1.165, 1.54) is 6.07 Å². The number of hydrogen-bond donors (Lipinski definition) is 4. The molecule has 1 fully saturated rings. The zero-order valence-electron chi connectivity index (χ0n) is 17.6. The van der Waals surface area contributed by atoms with Crippen LogP contribution in [-0.4, -0.2) is 37.1 Å². The van der Waals surface area contributed by atoms with Gasteiger partial charge in [0.1, 0.15) is 17.2 Å². The number of aromatic hydroxyl groups is 2. The molecule has 0 saturated heterocycles. The van der Waals surface area contributed by atoms with Crippen molar-refractivity contribution in [3.8, 4) is 34.3 Å². The van der Waals surface area contributed by atoms with Crippen LogP contribution in [0.3, 0.4) is 0 Å². The lowest BCUT2D eigenvalue weighted by Gasteiger charge is -2.13. The number of H-pyrrole nitrogens is 2. The molecule has 5 rings (SSSR count). The van der Waals surface area contributed by atoms with E-state index in [9.17, 15) is 10.2 Å². The maximum Gasteiger partial charge on any atom is 0.200 e. The van der Waals surface area contributed by atoms with Crippen LogP contribution in [0.2, 0.25) is 0 Å². The first-order valence-electron chi connectivity index (χ1n) is 10.3. The predicted molar refractivity (Wildman–Crippen MR) is 122 cm³/mol. The van der Waals surface area contributed by atoms with E-state index >= 15 is 0 Å². The third-order valence-corrected chi connectivity index (χ3v) is 6.19. The van der Waals surface area contributed by atoms with E-state index in [0.717, 1.165) is 46.4 Å². The van der Waals surface area contributed by atoms with Crippen molar-refractivity contribution in [2.75, 3.05) is 7.11 Å². The number of ether oxygens (including phenoxy) is 1. The molecule has 2 aromatic heterocycles. The molecular weight excluding hydrogens is 412 g/mol. The summed E-state index contributed by atoms with van der Waals surface area (Å²) in [5.74, 6) is 1.93. The van der Waals surface area contributed by atoms with Crippen LogP contribution in [0.1, 0.15) is 49.8 Å². The molecule has 0 unspecified atom stereocenters. The van der Waals surface area contributed by atoms with Gasteiger partial charge in [-0.2, -0.15) is 5.10 Å². The lowest BCUT2D eigenvalue weighted by Crippen LogP contribution is -2.00. The van der Waals surface area contributed by atoms with Crippen molar-refractivity contribution < 1.29 is 14.9 Å². The van der Waals surface area contributed by atoms with Gasteiger partial charge in [-0.3, -0.25) is 9.67 Å². The van der Waals surface area contributed by atoms with Crippen LogP contribution in [0.15, 0.2) is 30.3 Å². The van der Waals surface area contributed by atoms with Gasteiger partial charge in [0.15, 0.2) is 10.6 Å². The quantitative estimate of drug-likeness (QED) is 0.310. The molecule has 4 aromatic rings. The molecule has 2 aromatic carbocycles. The lowest BCUT2D eigenvalue weighted by atomic mass is 10.0. The third kappa shape index (κ3) is 3.18. The Morgan fingerprint density at radius 1 is 1.16 bits per heavy atom. The van der Waals surface area contributed by atoms with Crippen molar-refractivity contribution in [2.45, 2.75) is 38.5 Å². The number of nitrogens with one attached hydrogen (secondary N) is 2. The number of methoxy groups -OCH3 is 1. The smallest absolute Gasteiger partial charge is 0.200 e. The fourth-order valence-corrected chi connectivity index (χ4v) is 4.30. The first kappa shape index (κ1) is 19.7. The number of nitrogens with zero attached hydrogens (tertiary/aromatic N) is 2. The Bertz CT molecular complexity index is 1360. The monoisotopic (exact) mass is 436 g/mol. The van der Waals surface area contributed by atoms with E-state index in [0.29, 0.717) is 28.0 Å². The van der Waals surface area contributed by atoms with Crippen LogP contribution in [0.25, 0.3) is 28.0 Å². The SMILES string of the molecule is COc1ccc(-n2c(-c3cc(C4CC4)c(O)cc3O)n[nH]c2=S)c2cc(C(C)C)[nH]c12. The van der Waals surface area contributed by atoms with E-state index in [1.807, 2.05) is 22.8 Å². The van der Waals surface area contributed by atoms with Crippen LogP contribution in [0.4, 0.5) is 0 Å². The van der Waals surface area contributed by atoms with Gasteiger partial charge < -0.3 is 19.9 Å². The van der Waals surface area contributed by atoms with Crippen molar-refractivity contribution in [1.82, 2.24) is 19.7 Å². The summed E-state index contributed by atoms with van der Waals surface area (Å²) in [6.45, 7) is 4.25. The van der Waals surface area contributed by atoms with Crippen molar-refractivity contribution in [3.63, 3.8) is 0 Å². The molecule has 7 nitrogen and oxygen atoms in total. The Hall–Kier alpha value is -3.26. The predicted octanol–water partition coefficient (Wildman–Crippen LogP) is 5.50. The summed E-state index contributed by atoms with van der Waals surface area (Å²) >= 11 is 5.58. The van der Waals surface area contributed by atoms with E-state index in [2.05, 4.69) is 35.1 Å². The normalized spacial score (nSPS) is 13.9. The largest absolute Gasteiger partial charge is 0.508 e. The number of benzene rings is 2. The van der Waals surface area contributed by atoms with Gasteiger partial charge in [-0.1, -0.05) is 13.8 Å². The van der Waals surface area contributed by atoms with Gasteiger partial charge in [0, 0.05) is 17.1 Å². The van der Waals surface area contributed by atoms with Gasteiger partial charge in [-0.05, 0) is 66.7 Å². The van der Waals surface area contributed by atoms with Gasteiger partial charge >= 0.3 is 0 Å². The summed E-state index contributed by atoms with van der Waals surface area (Å²) in [5.41, 5.74) is 4.15. The number of fused-ring (bicyclic) bond motifs is 1. The van der Waals surface area contributed by atoms with Crippen LogP contribution in [0.5, 0.6) is 17.2 Å². The van der Waals surface area contributed by atoms with E-state index in [4.69, 9.17) is 17.0 Å². The van der Waals surface area contributed by atoms with Crippen LogP contribution >= 0.6 is 12.2 Å². The first-order chi connectivity index (χ1) is 14.9. The number of rotatable bonds is 5. The van der Waals surface area contributed by atoms with Gasteiger partial charge in [0.05, 0.1) is 23.9 Å². The topological polar surface area (TPSA) is 99.1 Å². The van der Waals surface area contributed by atoms with Crippen molar-refractivity contribution in [2.24, 2.45) is 0 Å². The molecule has 0 amide bonds. The summed E-state index contributed by atoms with van der Waals surface area (Å²) in [5, 5.41) is 29.2. The summed E-state index contributed by atoms with van der Waals surface area (Å²) in [6.07, 6.45) is 2.07. The van der Waals surface area contributed by atoms with Gasteiger partial charge in [-0.25, -0.2) is 0 Å². The van der Waals surface area contributed by atoms with Crippen molar-refractivity contribution in [1.29, 1.82) is 0 Å². The minimum absolute atomic E-state index is 0.0427. The molecular formula is C23H24N4O3S. The van der Waals surface area contributed by atoms with Crippen LogP contribution in [-0.2, 0) is 0 Å². The minimum atomic E-state index is -0.0427. The van der Waals surface area contributed by atoms with E-state index < -0.39 is 0 Å². The second kappa shape index (κ2) is 7.16. The molecule has 2 heterocycles. The number of aromatic amines is 2. The zero-order valence-corrected chi connectivity index (χ0v) is 18.4. The molecule has 1 aliphatic rings. The Morgan fingerprint density at radius 3 is 2.61 bits per heavy atom. The molecule has 0 radical (unpaired) electrons. The highest BCUT2D eigenvalue weighted by molar-refractivity contribution is 7.71. The average molecular weight is 437 g/mol. The van der Waals surface area contributed by atoms with Crippen molar-refractivity contribution in [3.05, 3.63) is 46.4 Å². The molecule has 0 aliphatic heterocycles. The molecule has 1 saturated carbocycles. The highest BCUT2D eigenvalue weighted by atomic mass is 32.1. The molecule has 0 bridgehead atoms. The molecule has 8 heteroatoms. The number of hydrogen-bond acceptors (Lipinski definition) is 5. The number of phenols is 2. The molecule has 0 atom stereocenters. The van der Waals surface area contributed by atoms with Gasteiger partial charge in [-0.15, -0.1) is 0 Å². The van der Waals surface area contributed by atoms with E-state index in [-0.39, 0.29) is 11.5 Å². The van der Waals surface area contributed by atoms with Crippen LogP contribution < -0.4 is 4.74 Å². The number of phenolic OH excluding ortho intramolecular Hbond substituents is 2. The molecule has 31 heavy (non-hydrogen) atoms.